The van der Waals surface area contributed by atoms with Crippen molar-refractivity contribution >= 4 is 17.3 Å². The van der Waals surface area contributed by atoms with Crippen molar-refractivity contribution < 1.29 is 9.66 Å². The summed E-state index contributed by atoms with van der Waals surface area (Å²) in [4.78, 5) is 14.6. The molecule has 0 atom stereocenters. The standard InChI is InChI=1S/C14H13ClN2O3/c1-9-5-10(2)14(7-13(9)17(18)19)20-8-12-6-11(15)3-4-16-12/h3-7H,8H2,1-2H3. The lowest BCUT2D eigenvalue weighted by atomic mass is 10.1. The van der Waals surface area contributed by atoms with Gasteiger partial charge >= 0.3 is 0 Å². The van der Waals surface area contributed by atoms with Gasteiger partial charge in [-0.3, -0.25) is 15.1 Å². The SMILES string of the molecule is Cc1cc(C)c([N+](=O)[O-])cc1OCc1cc(Cl)ccn1. The normalized spacial score (nSPS) is 10.3. The molecule has 2 rings (SSSR count). The summed E-state index contributed by atoms with van der Waals surface area (Å²) in [6, 6.07) is 6.54. The van der Waals surface area contributed by atoms with Crippen LogP contribution in [-0.2, 0) is 6.61 Å². The first kappa shape index (κ1) is 14.3. The monoisotopic (exact) mass is 292 g/mol. The second-order valence-electron chi connectivity index (χ2n) is 4.42. The first-order valence-corrected chi connectivity index (χ1v) is 6.34. The molecule has 0 radical (unpaired) electrons. The Bertz CT molecular complexity index is 659. The molecule has 0 aliphatic carbocycles. The Balaban J connectivity index is 2.21. The van der Waals surface area contributed by atoms with Gasteiger partial charge in [0.25, 0.3) is 5.69 Å². The zero-order chi connectivity index (χ0) is 14.7. The van der Waals surface area contributed by atoms with Crippen LogP contribution in [0.4, 0.5) is 5.69 Å². The molecule has 104 valence electrons. The molecule has 2 aromatic rings. The molecule has 0 aliphatic heterocycles. The van der Waals surface area contributed by atoms with E-state index in [4.69, 9.17) is 16.3 Å². The molecule has 0 spiro atoms. The van der Waals surface area contributed by atoms with Crippen LogP contribution in [0.5, 0.6) is 5.75 Å². The maximum atomic E-state index is 10.9. The summed E-state index contributed by atoms with van der Waals surface area (Å²) in [7, 11) is 0. The van der Waals surface area contributed by atoms with Gasteiger partial charge in [-0.05, 0) is 37.6 Å². The van der Waals surface area contributed by atoms with Crippen molar-refractivity contribution in [3.8, 4) is 5.75 Å². The van der Waals surface area contributed by atoms with Gasteiger partial charge in [-0.15, -0.1) is 0 Å². The van der Waals surface area contributed by atoms with E-state index in [1.165, 1.54) is 6.07 Å². The minimum atomic E-state index is -0.417. The molecule has 0 aliphatic rings. The van der Waals surface area contributed by atoms with Crippen molar-refractivity contribution in [1.82, 2.24) is 4.98 Å². The van der Waals surface area contributed by atoms with E-state index in [9.17, 15) is 10.1 Å². The van der Waals surface area contributed by atoms with Crippen molar-refractivity contribution in [3.63, 3.8) is 0 Å². The minimum Gasteiger partial charge on any atom is -0.487 e. The van der Waals surface area contributed by atoms with Gasteiger partial charge in [0.1, 0.15) is 12.4 Å². The molecule has 1 aromatic carbocycles. The van der Waals surface area contributed by atoms with Gasteiger partial charge in [-0.25, -0.2) is 0 Å². The average Bonchev–Trinajstić information content (AvgIpc) is 2.37. The Morgan fingerprint density at radius 3 is 2.70 bits per heavy atom. The molecular formula is C14H13ClN2O3. The number of nitrogens with zero attached hydrogens (tertiary/aromatic N) is 2. The van der Waals surface area contributed by atoms with Crippen molar-refractivity contribution in [2.45, 2.75) is 20.5 Å². The molecule has 6 heteroatoms. The number of pyridine rings is 1. The smallest absolute Gasteiger partial charge is 0.276 e. The molecule has 0 bridgehead atoms. The van der Waals surface area contributed by atoms with Crippen molar-refractivity contribution in [3.05, 3.63) is 62.4 Å². The number of rotatable bonds is 4. The predicted octanol–water partition coefficient (Wildman–Crippen LogP) is 3.84. The summed E-state index contributed by atoms with van der Waals surface area (Å²) in [5.41, 5.74) is 2.17. The van der Waals surface area contributed by atoms with Gasteiger partial charge < -0.3 is 4.74 Å². The Kier molecular flexibility index (Phi) is 4.20. The van der Waals surface area contributed by atoms with E-state index in [0.717, 1.165) is 5.56 Å². The van der Waals surface area contributed by atoms with Crippen LogP contribution in [0.3, 0.4) is 0 Å². The molecule has 0 saturated heterocycles. The van der Waals surface area contributed by atoms with Crippen molar-refractivity contribution in [2.75, 3.05) is 0 Å². The molecule has 5 nitrogen and oxygen atoms in total. The fourth-order valence-electron chi connectivity index (χ4n) is 1.85. The predicted molar refractivity (Wildman–Crippen MR) is 76.1 cm³/mol. The maximum Gasteiger partial charge on any atom is 0.276 e. The third kappa shape index (κ3) is 3.24. The fourth-order valence-corrected chi connectivity index (χ4v) is 2.04. The van der Waals surface area contributed by atoms with Gasteiger partial charge in [-0.2, -0.15) is 0 Å². The van der Waals surface area contributed by atoms with Crippen LogP contribution < -0.4 is 4.74 Å². The highest BCUT2D eigenvalue weighted by atomic mass is 35.5. The van der Waals surface area contributed by atoms with Crippen LogP contribution in [0.15, 0.2) is 30.5 Å². The Morgan fingerprint density at radius 2 is 2.05 bits per heavy atom. The quantitative estimate of drug-likeness (QED) is 0.634. The largest absolute Gasteiger partial charge is 0.487 e. The third-order valence-electron chi connectivity index (χ3n) is 2.84. The number of nitro groups is 1. The van der Waals surface area contributed by atoms with E-state index < -0.39 is 4.92 Å². The number of hydrogen-bond acceptors (Lipinski definition) is 4. The summed E-state index contributed by atoms with van der Waals surface area (Å²) < 4.78 is 5.60. The van der Waals surface area contributed by atoms with Crippen molar-refractivity contribution in [2.24, 2.45) is 0 Å². The molecule has 20 heavy (non-hydrogen) atoms. The molecular weight excluding hydrogens is 280 g/mol. The number of benzene rings is 1. The lowest BCUT2D eigenvalue weighted by molar-refractivity contribution is -0.385. The lowest BCUT2D eigenvalue weighted by Crippen LogP contribution is -2.01. The highest BCUT2D eigenvalue weighted by Gasteiger charge is 2.14. The van der Waals surface area contributed by atoms with Crippen LogP contribution in [0, 0.1) is 24.0 Å². The van der Waals surface area contributed by atoms with Crippen LogP contribution in [-0.4, -0.2) is 9.91 Å². The zero-order valence-electron chi connectivity index (χ0n) is 11.1. The van der Waals surface area contributed by atoms with E-state index in [1.807, 2.05) is 6.92 Å². The Morgan fingerprint density at radius 1 is 1.30 bits per heavy atom. The molecule has 0 N–H and O–H groups in total. The summed E-state index contributed by atoms with van der Waals surface area (Å²) in [6.45, 7) is 3.76. The van der Waals surface area contributed by atoms with Gasteiger partial charge in [-0.1, -0.05) is 11.6 Å². The number of ether oxygens (including phenoxy) is 1. The first-order chi connectivity index (χ1) is 9.47. The van der Waals surface area contributed by atoms with E-state index >= 15 is 0 Å². The lowest BCUT2D eigenvalue weighted by Gasteiger charge is -2.10. The van der Waals surface area contributed by atoms with E-state index in [2.05, 4.69) is 4.98 Å². The topological polar surface area (TPSA) is 65.3 Å². The number of halogens is 1. The highest BCUT2D eigenvalue weighted by Crippen LogP contribution is 2.28. The van der Waals surface area contributed by atoms with Crippen LogP contribution in [0.25, 0.3) is 0 Å². The first-order valence-electron chi connectivity index (χ1n) is 5.96. The van der Waals surface area contributed by atoms with Crippen LogP contribution >= 0.6 is 11.6 Å². The Hall–Kier alpha value is -2.14. The minimum absolute atomic E-state index is 0.0460. The summed E-state index contributed by atoms with van der Waals surface area (Å²) in [5, 5.41) is 11.5. The molecule has 0 fully saturated rings. The Labute approximate surface area is 121 Å². The maximum absolute atomic E-state index is 10.9. The summed E-state index contributed by atoms with van der Waals surface area (Å²) >= 11 is 5.86. The van der Waals surface area contributed by atoms with Crippen LogP contribution in [0.2, 0.25) is 5.02 Å². The average molecular weight is 293 g/mol. The van der Waals surface area contributed by atoms with Gasteiger partial charge in [0.05, 0.1) is 16.7 Å². The fraction of sp³-hybridized carbons (Fsp3) is 0.214. The molecule has 0 amide bonds. The molecule has 0 unspecified atom stereocenters. The number of aryl methyl sites for hydroxylation is 2. The highest BCUT2D eigenvalue weighted by molar-refractivity contribution is 6.30. The van der Waals surface area contributed by atoms with Gasteiger partial charge in [0, 0.05) is 16.8 Å². The third-order valence-corrected chi connectivity index (χ3v) is 3.08. The molecule has 1 aromatic heterocycles. The van der Waals surface area contributed by atoms with Gasteiger partial charge in [0.2, 0.25) is 0 Å². The second-order valence-corrected chi connectivity index (χ2v) is 4.85. The van der Waals surface area contributed by atoms with E-state index in [0.29, 0.717) is 22.0 Å². The molecule has 1 heterocycles. The van der Waals surface area contributed by atoms with Crippen LogP contribution in [0.1, 0.15) is 16.8 Å². The summed E-state index contributed by atoms with van der Waals surface area (Å²) in [5.74, 6) is 0.476. The summed E-state index contributed by atoms with van der Waals surface area (Å²) in [6.07, 6.45) is 1.59. The number of nitro benzene ring substituents is 1. The van der Waals surface area contributed by atoms with Crippen molar-refractivity contribution in [1.29, 1.82) is 0 Å². The van der Waals surface area contributed by atoms with E-state index in [1.54, 1.807) is 31.3 Å². The zero-order valence-corrected chi connectivity index (χ0v) is 11.8. The van der Waals surface area contributed by atoms with E-state index in [-0.39, 0.29) is 12.3 Å². The second kappa shape index (κ2) is 5.88. The van der Waals surface area contributed by atoms with Gasteiger partial charge in [0.15, 0.2) is 0 Å². The number of aromatic nitrogens is 1. The molecule has 0 saturated carbocycles. The number of hydrogen-bond donors (Lipinski definition) is 0.